The van der Waals surface area contributed by atoms with Crippen molar-refractivity contribution in [2.24, 2.45) is 0 Å². The normalized spacial score (nSPS) is 11.7. The zero-order chi connectivity index (χ0) is 22.9. The molecule has 0 heterocycles. The number of anilines is 1. The van der Waals surface area contributed by atoms with Crippen molar-refractivity contribution < 1.29 is 22.7 Å². The number of hydrogen-bond donors (Lipinski definition) is 3. The van der Waals surface area contributed by atoms with Gasteiger partial charge in [-0.1, -0.05) is 30.4 Å². The van der Waals surface area contributed by atoms with E-state index in [1.807, 2.05) is 0 Å². The predicted octanol–water partition coefficient (Wildman–Crippen LogP) is 3.30. The molecule has 0 bridgehead atoms. The van der Waals surface area contributed by atoms with Crippen molar-refractivity contribution in [3.8, 4) is 0 Å². The van der Waals surface area contributed by atoms with Crippen LogP contribution in [0.2, 0.25) is 0 Å². The number of nitrogens with one attached hydrogen (secondary N) is 3. The second kappa shape index (κ2) is 10.6. The van der Waals surface area contributed by atoms with E-state index in [0.29, 0.717) is 11.3 Å². The Hall–Kier alpha value is -3.33. The van der Waals surface area contributed by atoms with E-state index in [-0.39, 0.29) is 23.9 Å². The Kier molecular flexibility index (Phi) is 8.21. The number of alkyl carbamates (subject to hydrolysis) is 1. The first-order chi connectivity index (χ1) is 14.6. The first-order valence-electron chi connectivity index (χ1n) is 9.65. The van der Waals surface area contributed by atoms with Gasteiger partial charge in [0.2, 0.25) is 0 Å². The molecule has 166 valence electrons. The highest BCUT2D eigenvalue weighted by Crippen LogP contribution is 2.16. The average molecular weight is 446 g/mol. The number of benzene rings is 2. The highest BCUT2D eigenvalue weighted by molar-refractivity contribution is 7.92. The van der Waals surface area contributed by atoms with Crippen LogP contribution in [0.15, 0.2) is 71.6 Å². The molecule has 2 amide bonds. The molecule has 0 aliphatic carbocycles. The number of ether oxygens (including phenoxy) is 1. The van der Waals surface area contributed by atoms with E-state index in [9.17, 15) is 18.0 Å². The van der Waals surface area contributed by atoms with Crippen molar-refractivity contribution in [2.45, 2.75) is 31.3 Å². The highest BCUT2D eigenvalue weighted by Gasteiger charge is 2.15. The molecule has 0 saturated heterocycles. The van der Waals surface area contributed by atoms with Gasteiger partial charge in [0.25, 0.3) is 15.9 Å². The number of carbonyl (C=O) groups excluding carboxylic acids is 2. The van der Waals surface area contributed by atoms with Gasteiger partial charge in [0.05, 0.1) is 4.90 Å². The third-order valence-corrected chi connectivity index (χ3v) is 5.16. The summed E-state index contributed by atoms with van der Waals surface area (Å²) >= 11 is 0. The van der Waals surface area contributed by atoms with E-state index in [0.717, 1.165) is 0 Å². The van der Waals surface area contributed by atoms with Crippen molar-refractivity contribution in [1.82, 2.24) is 10.6 Å². The maximum absolute atomic E-state index is 12.3. The smallest absolute Gasteiger partial charge is 0.407 e. The van der Waals surface area contributed by atoms with Gasteiger partial charge >= 0.3 is 6.09 Å². The molecule has 0 spiro atoms. The maximum Gasteiger partial charge on any atom is 0.407 e. The summed E-state index contributed by atoms with van der Waals surface area (Å²) in [5.41, 5.74) is 0.190. The Morgan fingerprint density at radius 3 is 2.06 bits per heavy atom. The molecule has 9 heteroatoms. The van der Waals surface area contributed by atoms with Gasteiger partial charge in [-0.25, -0.2) is 13.2 Å². The molecule has 0 aliphatic heterocycles. The molecule has 0 saturated carbocycles. The van der Waals surface area contributed by atoms with Gasteiger partial charge in [-0.2, -0.15) is 0 Å². The molecule has 2 rings (SSSR count). The molecule has 3 N–H and O–H groups in total. The van der Waals surface area contributed by atoms with Crippen molar-refractivity contribution in [3.05, 3.63) is 72.3 Å². The number of sulfonamides is 1. The van der Waals surface area contributed by atoms with Gasteiger partial charge in [-0.05, 0) is 57.2 Å². The second-order valence-corrected chi connectivity index (χ2v) is 9.24. The third kappa shape index (κ3) is 8.51. The lowest BCUT2D eigenvalue weighted by Crippen LogP contribution is -2.32. The fourth-order valence-corrected chi connectivity index (χ4v) is 3.46. The summed E-state index contributed by atoms with van der Waals surface area (Å²) in [7, 11) is -3.68. The van der Waals surface area contributed by atoms with E-state index in [1.165, 1.54) is 36.4 Å². The van der Waals surface area contributed by atoms with Crippen LogP contribution in [-0.2, 0) is 14.8 Å². The number of hydrogen-bond acceptors (Lipinski definition) is 5. The first kappa shape index (κ1) is 23.9. The molecule has 31 heavy (non-hydrogen) atoms. The van der Waals surface area contributed by atoms with Crippen LogP contribution in [0.1, 0.15) is 31.1 Å². The van der Waals surface area contributed by atoms with Gasteiger partial charge in [-0.3, -0.25) is 9.52 Å². The molecule has 8 nitrogen and oxygen atoms in total. The number of amides is 2. The predicted molar refractivity (Wildman–Crippen MR) is 119 cm³/mol. The standard InChI is InChI=1S/C22H27N3O5S/c1-22(2,3)30-21(27)24-16-8-7-15-23-20(26)17-11-13-18(14-12-17)25-31(28,29)19-9-5-4-6-10-19/h4-14,25H,15-16H2,1-3H3,(H,23,26)(H,24,27)/b8-7+. The second-order valence-electron chi connectivity index (χ2n) is 7.56. The van der Waals surface area contributed by atoms with Crippen LogP contribution < -0.4 is 15.4 Å². The molecule has 2 aromatic carbocycles. The van der Waals surface area contributed by atoms with Crippen LogP contribution in [0.5, 0.6) is 0 Å². The first-order valence-corrected chi connectivity index (χ1v) is 11.1. The molecule has 0 atom stereocenters. The van der Waals surface area contributed by atoms with Crippen molar-refractivity contribution >= 4 is 27.7 Å². The lowest BCUT2D eigenvalue weighted by atomic mass is 10.2. The van der Waals surface area contributed by atoms with Crippen LogP contribution >= 0.6 is 0 Å². The number of carbonyl (C=O) groups is 2. The van der Waals surface area contributed by atoms with Crippen molar-refractivity contribution in [1.29, 1.82) is 0 Å². The fraction of sp³-hybridized carbons (Fsp3) is 0.273. The largest absolute Gasteiger partial charge is 0.444 e. The van der Waals surface area contributed by atoms with Gasteiger partial charge in [0.1, 0.15) is 5.60 Å². The maximum atomic E-state index is 12.3. The lowest BCUT2D eigenvalue weighted by Gasteiger charge is -2.19. The fourth-order valence-electron chi connectivity index (χ4n) is 2.38. The van der Waals surface area contributed by atoms with Crippen LogP contribution in [0.4, 0.5) is 10.5 Å². The van der Waals surface area contributed by atoms with Gasteiger partial charge in [0, 0.05) is 24.3 Å². The molecule has 0 aromatic heterocycles. The molecule has 2 aromatic rings. The van der Waals surface area contributed by atoms with E-state index >= 15 is 0 Å². The zero-order valence-corrected chi connectivity index (χ0v) is 18.5. The lowest BCUT2D eigenvalue weighted by molar-refractivity contribution is 0.0533. The van der Waals surface area contributed by atoms with Crippen LogP contribution in [-0.4, -0.2) is 39.1 Å². The average Bonchev–Trinajstić information content (AvgIpc) is 2.70. The Morgan fingerprint density at radius 2 is 1.48 bits per heavy atom. The minimum absolute atomic E-state index is 0.157. The van der Waals surface area contributed by atoms with Crippen molar-refractivity contribution in [3.63, 3.8) is 0 Å². The monoisotopic (exact) mass is 445 g/mol. The van der Waals surface area contributed by atoms with Gasteiger partial charge < -0.3 is 15.4 Å². The Balaban J connectivity index is 1.79. The highest BCUT2D eigenvalue weighted by atomic mass is 32.2. The third-order valence-electron chi connectivity index (χ3n) is 3.76. The van der Waals surface area contributed by atoms with Crippen LogP contribution in [0.3, 0.4) is 0 Å². The number of rotatable bonds is 8. The van der Waals surface area contributed by atoms with Crippen LogP contribution in [0, 0.1) is 0 Å². The summed E-state index contributed by atoms with van der Waals surface area (Å²) in [6, 6.07) is 14.1. The molecule has 0 fully saturated rings. The molecule has 0 radical (unpaired) electrons. The zero-order valence-electron chi connectivity index (χ0n) is 17.7. The minimum Gasteiger partial charge on any atom is -0.444 e. The SMILES string of the molecule is CC(C)(C)OC(=O)NC/C=C/CNC(=O)c1ccc(NS(=O)(=O)c2ccccc2)cc1. The summed E-state index contributed by atoms with van der Waals surface area (Å²) < 4.78 is 32.2. The van der Waals surface area contributed by atoms with Gasteiger partial charge in [0.15, 0.2) is 0 Å². The summed E-state index contributed by atoms with van der Waals surface area (Å²) in [5, 5.41) is 5.29. The molecular formula is C22H27N3O5S. The van der Waals surface area contributed by atoms with Gasteiger partial charge in [-0.15, -0.1) is 0 Å². The summed E-state index contributed by atoms with van der Waals surface area (Å²) in [5.74, 6) is -0.304. The summed E-state index contributed by atoms with van der Waals surface area (Å²) in [4.78, 5) is 23.8. The van der Waals surface area contributed by atoms with Crippen LogP contribution in [0.25, 0.3) is 0 Å². The Morgan fingerprint density at radius 1 is 0.903 bits per heavy atom. The van der Waals surface area contributed by atoms with E-state index in [2.05, 4.69) is 15.4 Å². The summed E-state index contributed by atoms with van der Waals surface area (Å²) in [6.07, 6.45) is 2.90. The minimum atomic E-state index is -3.68. The van der Waals surface area contributed by atoms with E-state index in [1.54, 1.807) is 51.1 Å². The molecular weight excluding hydrogens is 418 g/mol. The van der Waals surface area contributed by atoms with E-state index < -0.39 is 21.7 Å². The Bertz CT molecular complexity index is 1010. The quantitative estimate of drug-likeness (QED) is 0.540. The Labute approximate surface area is 182 Å². The molecule has 0 unspecified atom stereocenters. The molecule has 0 aliphatic rings. The summed E-state index contributed by atoms with van der Waals surface area (Å²) in [6.45, 7) is 5.90. The van der Waals surface area contributed by atoms with Crippen molar-refractivity contribution in [2.75, 3.05) is 17.8 Å². The topological polar surface area (TPSA) is 114 Å². The van der Waals surface area contributed by atoms with E-state index in [4.69, 9.17) is 4.74 Å².